The number of hydrogen-bond donors (Lipinski definition) is 0. The van der Waals surface area contributed by atoms with Crippen LogP contribution in [0.25, 0.3) is 0 Å². The maximum atomic E-state index is 7.01. The van der Waals surface area contributed by atoms with Gasteiger partial charge in [0.05, 0.1) is 0 Å². The molecule has 3 aromatic carbocycles. The first-order valence-corrected chi connectivity index (χ1v) is 20.4. The first-order chi connectivity index (χ1) is 23.1. The smallest absolute Gasteiger partial charge is 0.408 e. The Morgan fingerprint density at radius 2 is 0.694 bits per heavy atom. The first kappa shape index (κ1) is 40.9. The van der Waals surface area contributed by atoms with E-state index in [1.54, 1.807) is 0 Å². The molecule has 0 aliphatic rings. The molecule has 0 amide bonds. The van der Waals surface area contributed by atoms with Crippen LogP contribution in [0.4, 0.5) is 0 Å². The van der Waals surface area contributed by atoms with Crippen molar-refractivity contribution in [2.75, 3.05) is 0 Å². The van der Waals surface area contributed by atoms with Crippen LogP contribution in [0.3, 0.4) is 0 Å². The molecule has 3 aromatic rings. The molecule has 0 atom stereocenters. The van der Waals surface area contributed by atoms with E-state index in [4.69, 9.17) is 13.6 Å². The molecule has 0 saturated carbocycles. The van der Waals surface area contributed by atoms with Crippen molar-refractivity contribution in [1.82, 2.24) is 0 Å². The van der Waals surface area contributed by atoms with Gasteiger partial charge in [0.2, 0.25) is 0 Å². The highest BCUT2D eigenvalue weighted by molar-refractivity contribution is 7.43. The Hall–Kier alpha value is -2.51. The Morgan fingerprint density at radius 1 is 0.429 bits per heavy atom. The number of unbranched alkanes of at least 4 members (excludes halogenated alkanes) is 6. The molecular formula is C45H69O3P. The fourth-order valence-electron chi connectivity index (χ4n) is 6.91. The predicted octanol–water partition coefficient (Wildman–Crippen LogP) is 14.9. The summed E-state index contributed by atoms with van der Waals surface area (Å²) in [4.78, 5) is 0. The van der Waals surface area contributed by atoms with Gasteiger partial charge in [0.1, 0.15) is 17.2 Å². The van der Waals surface area contributed by atoms with E-state index in [0.29, 0.717) is 0 Å². The number of benzene rings is 3. The molecule has 0 spiro atoms. The van der Waals surface area contributed by atoms with Crippen LogP contribution in [0.1, 0.15) is 173 Å². The molecule has 0 heterocycles. The highest BCUT2D eigenvalue weighted by Gasteiger charge is 2.33. The Kier molecular flexibility index (Phi) is 15.6. The lowest BCUT2D eigenvalue weighted by Crippen LogP contribution is -2.21. The average Bonchev–Trinajstić information content (AvgIpc) is 3.03. The summed E-state index contributed by atoms with van der Waals surface area (Å²) < 4.78 is 21.0. The summed E-state index contributed by atoms with van der Waals surface area (Å²) in [6.45, 7) is 27.4. The Balaban J connectivity index is 2.13. The maximum Gasteiger partial charge on any atom is 0.530 e. The monoisotopic (exact) mass is 688 g/mol. The van der Waals surface area contributed by atoms with E-state index < -0.39 is 8.60 Å². The number of hydrogen-bond acceptors (Lipinski definition) is 3. The van der Waals surface area contributed by atoms with E-state index in [-0.39, 0.29) is 16.2 Å². The third kappa shape index (κ3) is 12.1. The van der Waals surface area contributed by atoms with Gasteiger partial charge in [0.15, 0.2) is 0 Å². The van der Waals surface area contributed by atoms with Crippen LogP contribution in [0.5, 0.6) is 17.2 Å². The van der Waals surface area contributed by atoms with Gasteiger partial charge in [-0.25, -0.2) is 0 Å². The van der Waals surface area contributed by atoms with E-state index in [0.717, 1.165) is 36.5 Å². The summed E-state index contributed by atoms with van der Waals surface area (Å²) in [5.74, 6) is 2.56. The second-order valence-electron chi connectivity index (χ2n) is 16.5. The van der Waals surface area contributed by atoms with Crippen molar-refractivity contribution in [3.8, 4) is 17.2 Å². The highest BCUT2D eigenvalue weighted by Crippen LogP contribution is 2.50. The summed E-state index contributed by atoms with van der Waals surface area (Å²) in [6, 6.07) is 19.7. The summed E-state index contributed by atoms with van der Waals surface area (Å²) in [6.07, 6.45) is 14.2. The van der Waals surface area contributed by atoms with Crippen molar-refractivity contribution in [1.29, 1.82) is 0 Å². The van der Waals surface area contributed by atoms with Crippen molar-refractivity contribution in [3.05, 3.63) is 88.0 Å². The Morgan fingerprint density at radius 3 is 0.939 bits per heavy atom. The minimum atomic E-state index is -1.86. The largest absolute Gasteiger partial charge is 0.530 e. The van der Waals surface area contributed by atoms with E-state index in [1.807, 2.05) is 0 Å². The lowest BCUT2D eigenvalue weighted by atomic mass is 9.79. The van der Waals surface area contributed by atoms with Crippen molar-refractivity contribution < 1.29 is 13.6 Å². The lowest BCUT2D eigenvalue weighted by molar-refractivity contribution is 0.359. The molecular weight excluding hydrogens is 619 g/mol. The molecule has 0 fully saturated rings. The van der Waals surface area contributed by atoms with Crippen LogP contribution in [-0.4, -0.2) is 0 Å². The van der Waals surface area contributed by atoms with E-state index in [9.17, 15) is 0 Å². The summed E-state index contributed by atoms with van der Waals surface area (Å²) in [5.41, 5.74) is 7.21. The molecule has 3 nitrogen and oxygen atoms in total. The Labute approximate surface area is 302 Å². The molecule has 0 saturated heterocycles. The van der Waals surface area contributed by atoms with Gasteiger partial charge in [0.25, 0.3) is 0 Å². The lowest BCUT2D eigenvalue weighted by Gasteiger charge is -2.32. The maximum absolute atomic E-state index is 7.01. The second-order valence-corrected chi connectivity index (χ2v) is 17.5. The fourth-order valence-corrected chi connectivity index (χ4v) is 7.98. The third-order valence-electron chi connectivity index (χ3n) is 10.3. The van der Waals surface area contributed by atoms with Gasteiger partial charge in [-0.05, 0) is 74.5 Å². The quantitative estimate of drug-likeness (QED) is 0.0823. The normalized spacial score (nSPS) is 12.4. The standard InChI is InChI=1S/C45H69O3P/c1-13-16-19-28-43(7,8)37-31-34(4)22-25-40(37)46-49(47-41-26-23-35(5)32-38(41)44(9,10)29-20-17-14-2)48-42-27-24-36(6)33-39(42)45(11,12)30-21-18-15-3/h22-27,31-33H,13-21,28-30H2,1-12H3. The molecule has 49 heavy (non-hydrogen) atoms. The fraction of sp³-hybridized carbons (Fsp3) is 0.600. The average molecular weight is 689 g/mol. The van der Waals surface area contributed by atoms with Gasteiger partial charge in [-0.2, -0.15) is 0 Å². The zero-order chi connectivity index (χ0) is 36.2. The van der Waals surface area contributed by atoms with E-state index in [1.165, 1.54) is 91.2 Å². The molecule has 0 N–H and O–H groups in total. The highest BCUT2D eigenvalue weighted by atomic mass is 31.2. The molecule has 0 bridgehead atoms. The van der Waals surface area contributed by atoms with Crippen LogP contribution < -0.4 is 13.6 Å². The van der Waals surface area contributed by atoms with Crippen LogP contribution in [0.15, 0.2) is 54.6 Å². The van der Waals surface area contributed by atoms with E-state index in [2.05, 4.69) is 138 Å². The van der Waals surface area contributed by atoms with Gasteiger partial charge in [-0.3, -0.25) is 0 Å². The molecule has 0 unspecified atom stereocenters. The summed E-state index contributed by atoms with van der Waals surface area (Å²) in [7, 11) is -1.86. The van der Waals surface area contributed by atoms with Gasteiger partial charge in [0, 0.05) is 16.7 Å². The minimum absolute atomic E-state index is 0.0515. The van der Waals surface area contributed by atoms with Crippen molar-refractivity contribution in [3.63, 3.8) is 0 Å². The molecule has 0 aliphatic carbocycles. The molecule has 0 aliphatic heterocycles. The van der Waals surface area contributed by atoms with Gasteiger partial charge >= 0.3 is 8.60 Å². The zero-order valence-corrected chi connectivity index (χ0v) is 34.2. The molecule has 4 heteroatoms. The van der Waals surface area contributed by atoms with E-state index >= 15 is 0 Å². The van der Waals surface area contributed by atoms with Gasteiger partial charge in [-0.15, -0.1) is 0 Å². The minimum Gasteiger partial charge on any atom is -0.408 e. The first-order valence-electron chi connectivity index (χ1n) is 19.3. The molecule has 3 rings (SSSR count). The van der Waals surface area contributed by atoms with Gasteiger partial charge in [-0.1, -0.05) is 173 Å². The predicted molar refractivity (Wildman–Crippen MR) is 214 cm³/mol. The third-order valence-corrected chi connectivity index (χ3v) is 11.4. The number of rotatable bonds is 21. The van der Waals surface area contributed by atoms with Crippen molar-refractivity contribution >= 4 is 8.60 Å². The topological polar surface area (TPSA) is 27.7 Å². The van der Waals surface area contributed by atoms with Crippen LogP contribution in [0.2, 0.25) is 0 Å². The van der Waals surface area contributed by atoms with Crippen molar-refractivity contribution in [2.45, 2.75) is 176 Å². The molecule has 0 aromatic heterocycles. The van der Waals surface area contributed by atoms with Crippen LogP contribution in [0, 0.1) is 20.8 Å². The summed E-state index contributed by atoms with van der Waals surface area (Å²) in [5, 5.41) is 0. The number of aryl methyl sites for hydroxylation is 3. The van der Waals surface area contributed by atoms with Crippen LogP contribution >= 0.6 is 8.60 Å². The molecule has 0 radical (unpaired) electrons. The van der Waals surface area contributed by atoms with Gasteiger partial charge < -0.3 is 13.6 Å². The second kappa shape index (κ2) is 18.6. The zero-order valence-electron chi connectivity index (χ0n) is 33.4. The Bertz CT molecular complexity index is 1280. The van der Waals surface area contributed by atoms with Crippen molar-refractivity contribution in [2.24, 2.45) is 0 Å². The summed E-state index contributed by atoms with van der Waals surface area (Å²) >= 11 is 0. The van der Waals surface area contributed by atoms with Crippen LogP contribution in [-0.2, 0) is 16.2 Å². The SMILES string of the molecule is CCCCCC(C)(C)c1cc(C)ccc1OP(Oc1ccc(C)cc1C(C)(C)CCCCC)Oc1ccc(C)cc1C(C)(C)CCCCC. The molecule has 272 valence electrons.